The Morgan fingerprint density at radius 3 is 2.36 bits per heavy atom. The lowest BCUT2D eigenvalue weighted by atomic mass is 10.1. The first-order chi connectivity index (χ1) is 13.3. The number of nitrogens with one attached hydrogen (secondary N) is 4. The summed E-state index contributed by atoms with van der Waals surface area (Å²) in [6, 6.07) is -3.67. The molecule has 0 bridgehead atoms. The third-order valence-electron chi connectivity index (χ3n) is 4.51. The quantitative estimate of drug-likeness (QED) is 0.174. The largest absolute Gasteiger partial charge is 0.480 e. The van der Waals surface area contributed by atoms with Gasteiger partial charge in [-0.05, 0) is 52.1 Å². The van der Waals surface area contributed by atoms with E-state index in [0.717, 1.165) is 13.0 Å². The first-order valence-electron chi connectivity index (χ1n) is 9.48. The normalized spacial score (nSPS) is 19.3. The molecule has 160 valence electrons. The summed E-state index contributed by atoms with van der Waals surface area (Å²) in [5, 5.41) is 28.2. The zero-order chi connectivity index (χ0) is 21.1. The van der Waals surface area contributed by atoms with Crippen molar-refractivity contribution >= 4 is 23.7 Å². The number of aliphatic hydroxyl groups is 1. The molecule has 4 unspecified atom stereocenters. The maximum Gasteiger partial charge on any atom is 0.328 e. The summed E-state index contributed by atoms with van der Waals surface area (Å²) in [5.74, 6) is -2.94. The Bertz CT molecular complexity index is 552. The number of carbonyl (C=O) groups excluding carboxylic acids is 3. The second-order valence-electron chi connectivity index (χ2n) is 6.81. The molecule has 1 fully saturated rings. The first kappa shape index (κ1) is 23.8. The Balaban J connectivity index is 2.65. The Morgan fingerprint density at radius 1 is 1.11 bits per heavy atom. The maximum absolute atomic E-state index is 12.6. The van der Waals surface area contributed by atoms with Crippen LogP contribution >= 0.6 is 0 Å². The standard InChI is InChI=1S/C17H31N5O6/c1-10(14(24)22-13(9-23)17(27)28)20-16(26)12(5-2-3-7-18)21-15(25)11-6-4-8-19-11/h10-13,19,23H,2-9,18H2,1H3,(H,20,26)(H,21,25)(H,22,24)(H,27,28). The van der Waals surface area contributed by atoms with Crippen molar-refractivity contribution in [1.29, 1.82) is 0 Å². The van der Waals surface area contributed by atoms with Gasteiger partial charge in [0, 0.05) is 0 Å². The van der Waals surface area contributed by atoms with Crippen LogP contribution < -0.4 is 27.0 Å². The summed E-state index contributed by atoms with van der Waals surface area (Å²) in [6.07, 6.45) is 3.26. The van der Waals surface area contributed by atoms with E-state index in [2.05, 4.69) is 21.3 Å². The number of unbranched alkanes of at least 4 members (excludes halogenated alkanes) is 1. The molecule has 4 atom stereocenters. The summed E-state index contributed by atoms with van der Waals surface area (Å²) in [7, 11) is 0. The summed E-state index contributed by atoms with van der Waals surface area (Å²) in [5.41, 5.74) is 5.48. The van der Waals surface area contributed by atoms with Gasteiger partial charge in [-0.15, -0.1) is 0 Å². The molecule has 1 aliphatic rings. The Labute approximate surface area is 163 Å². The molecule has 11 heteroatoms. The topological polar surface area (TPSA) is 183 Å². The Morgan fingerprint density at radius 2 is 1.82 bits per heavy atom. The Kier molecular flexibility index (Phi) is 10.4. The molecular formula is C17H31N5O6. The van der Waals surface area contributed by atoms with E-state index in [1.807, 2.05) is 0 Å². The van der Waals surface area contributed by atoms with E-state index < -0.39 is 42.5 Å². The maximum atomic E-state index is 12.6. The van der Waals surface area contributed by atoms with Gasteiger partial charge in [-0.2, -0.15) is 0 Å². The predicted molar refractivity (Wildman–Crippen MR) is 100 cm³/mol. The van der Waals surface area contributed by atoms with Crippen molar-refractivity contribution in [3.8, 4) is 0 Å². The minimum Gasteiger partial charge on any atom is -0.480 e. The van der Waals surface area contributed by atoms with Crippen LogP contribution in [0.25, 0.3) is 0 Å². The molecular weight excluding hydrogens is 370 g/mol. The molecule has 8 N–H and O–H groups in total. The molecule has 0 aromatic rings. The summed E-state index contributed by atoms with van der Waals surface area (Å²) in [4.78, 5) is 47.8. The fraction of sp³-hybridized carbons (Fsp3) is 0.765. The van der Waals surface area contributed by atoms with Crippen molar-refractivity contribution in [1.82, 2.24) is 21.3 Å². The minimum absolute atomic E-state index is 0.270. The lowest BCUT2D eigenvalue weighted by Crippen LogP contribution is -2.56. The van der Waals surface area contributed by atoms with Gasteiger partial charge in [-0.3, -0.25) is 14.4 Å². The van der Waals surface area contributed by atoms with Crippen LogP contribution in [0.2, 0.25) is 0 Å². The van der Waals surface area contributed by atoms with Gasteiger partial charge in [-0.25, -0.2) is 4.79 Å². The lowest BCUT2D eigenvalue weighted by molar-refractivity contribution is -0.143. The van der Waals surface area contributed by atoms with Gasteiger partial charge in [-0.1, -0.05) is 0 Å². The predicted octanol–water partition coefficient (Wildman–Crippen LogP) is -2.58. The molecule has 0 aliphatic carbocycles. The van der Waals surface area contributed by atoms with Crippen LogP contribution in [0.5, 0.6) is 0 Å². The van der Waals surface area contributed by atoms with Crippen molar-refractivity contribution in [2.45, 2.75) is 63.2 Å². The molecule has 1 aliphatic heterocycles. The number of carboxylic acid groups (broad SMARTS) is 1. The number of rotatable bonds is 12. The van der Waals surface area contributed by atoms with Crippen LogP contribution in [0.3, 0.4) is 0 Å². The monoisotopic (exact) mass is 401 g/mol. The van der Waals surface area contributed by atoms with Crippen molar-refractivity contribution in [3.05, 3.63) is 0 Å². The molecule has 11 nitrogen and oxygen atoms in total. The first-order valence-corrected chi connectivity index (χ1v) is 9.48. The van der Waals surface area contributed by atoms with Gasteiger partial charge in [0.05, 0.1) is 12.6 Å². The molecule has 0 radical (unpaired) electrons. The van der Waals surface area contributed by atoms with Crippen molar-refractivity contribution < 1.29 is 29.4 Å². The third kappa shape index (κ3) is 7.79. The zero-order valence-electron chi connectivity index (χ0n) is 16.1. The highest BCUT2D eigenvalue weighted by Gasteiger charge is 2.29. The van der Waals surface area contributed by atoms with E-state index in [-0.39, 0.29) is 11.9 Å². The molecule has 0 spiro atoms. The number of nitrogens with two attached hydrogens (primary N) is 1. The lowest BCUT2D eigenvalue weighted by Gasteiger charge is -2.23. The van der Waals surface area contributed by atoms with Gasteiger partial charge in [0.15, 0.2) is 0 Å². The third-order valence-corrected chi connectivity index (χ3v) is 4.51. The second-order valence-corrected chi connectivity index (χ2v) is 6.81. The van der Waals surface area contributed by atoms with Gasteiger partial charge in [0.2, 0.25) is 17.7 Å². The van der Waals surface area contributed by atoms with Gasteiger partial charge in [0.1, 0.15) is 18.1 Å². The van der Waals surface area contributed by atoms with Crippen molar-refractivity contribution in [2.75, 3.05) is 19.7 Å². The second kappa shape index (κ2) is 12.3. The molecule has 0 saturated carbocycles. The van der Waals surface area contributed by atoms with E-state index >= 15 is 0 Å². The molecule has 1 rings (SSSR count). The van der Waals surface area contributed by atoms with Crippen LogP contribution in [0, 0.1) is 0 Å². The molecule has 28 heavy (non-hydrogen) atoms. The van der Waals surface area contributed by atoms with Crippen molar-refractivity contribution in [3.63, 3.8) is 0 Å². The highest BCUT2D eigenvalue weighted by Crippen LogP contribution is 2.07. The smallest absolute Gasteiger partial charge is 0.328 e. The van der Waals surface area contributed by atoms with E-state index in [9.17, 15) is 19.2 Å². The number of hydrogen-bond donors (Lipinski definition) is 7. The molecule has 1 saturated heterocycles. The average Bonchev–Trinajstić information content (AvgIpc) is 3.19. The zero-order valence-corrected chi connectivity index (χ0v) is 16.1. The summed E-state index contributed by atoms with van der Waals surface area (Å²) < 4.78 is 0. The minimum atomic E-state index is -1.46. The highest BCUT2D eigenvalue weighted by atomic mass is 16.4. The molecule has 1 heterocycles. The summed E-state index contributed by atoms with van der Waals surface area (Å²) in [6.45, 7) is 1.83. The SMILES string of the molecule is CC(NC(=O)C(CCCCN)NC(=O)C1CCCN1)C(=O)NC(CO)C(=O)O. The number of carboxylic acids is 1. The number of hydrogen-bond acceptors (Lipinski definition) is 7. The van der Waals surface area contributed by atoms with Gasteiger partial charge >= 0.3 is 5.97 Å². The summed E-state index contributed by atoms with van der Waals surface area (Å²) >= 11 is 0. The van der Waals surface area contributed by atoms with Crippen LogP contribution in [-0.2, 0) is 19.2 Å². The average molecular weight is 401 g/mol. The highest BCUT2D eigenvalue weighted by molar-refractivity contribution is 5.93. The number of aliphatic hydroxyl groups excluding tert-OH is 1. The van der Waals surface area contributed by atoms with Gasteiger partial charge < -0.3 is 37.2 Å². The van der Waals surface area contributed by atoms with E-state index in [0.29, 0.717) is 32.2 Å². The van der Waals surface area contributed by atoms with Crippen LogP contribution in [0.15, 0.2) is 0 Å². The van der Waals surface area contributed by atoms with E-state index in [1.54, 1.807) is 0 Å². The fourth-order valence-corrected chi connectivity index (χ4v) is 2.80. The number of amides is 3. The van der Waals surface area contributed by atoms with E-state index in [4.69, 9.17) is 15.9 Å². The number of carbonyl (C=O) groups is 4. The van der Waals surface area contributed by atoms with E-state index in [1.165, 1.54) is 6.92 Å². The molecule has 0 aromatic heterocycles. The molecule has 3 amide bonds. The van der Waals surface area contributed by atoms with Gasteiger partial charge in [0.25, 0.3) is 0 Å². The van der Waals surface area contributed by atoms with Crippen LogP contribution in [0.1, 0.15) is 39.0 Å². The van der Waals surface area contributed by atoms with Crippen molar-refractivity contribution in [2.24, 2.45) is 5.73 Å². The fourth-order valence-electron chi connectivity index (χ4n) is 2.80. The van der Waals surface area contributed by atoms with Crippen LogP contribution in [-0.4, -0.2) is 77.8 Å². The Hall–Kier alpha value is -2.24. The molecule has 0 aromatic carbocycles. The number of aliphatic carboxylic acids is 1. The van der Waals surface area contributed by atoms with Crippen LogP contribution in [0.4, 0.5) is 0 Å².